The molecule has 0 aliphatic rings. The summed E-state index contributed by atoms with van der Waals surface area (Å²) in [4.78, 5) is 19.0. The molecule has 0 unspecified atom stereocenters. The molecule has 7 heteroatoms. The Labute approximate surface area is 120 Å². The lowest BCUT2D eigenvalue weighted by atomic mass is 10.1. The third kappa shape index (κ3) is 2.45. The SMILES string of the molecule is Cc1ccc(-c2noc(-c3c(C)cc(C)[nH]c3=O)n2)nn1. The number of pyridine rings is 1. The Morgan fingerprint density at radius 3 is 2.62 bits per heavy atom. The van der Waals surface area contributed by atoms with Crippen molar-refractivity contribution >= 4 is 0 Å². The molecule has 0 spiro atoms. The number of aromatic nitrogens is 5. The van der Waals surface area contributed by atoms with Gasteiger partial charge in [-0.25, -0.2) is 0 Å². The molecule has 21 heavy (non-hydrogen) atoms. The van der Waals surface area contributed by atoms with Gasteiger partial charge in [-0.05, 0) is 44.5 Å². The number of H-pyrrole nitrogens is 1. The molecule has 0 aromatic carbocycles. The largest absolute Gasteiger partial charge is 0.333 e. The van der Waals surface area contributed by atoms with Gasteiger partial charge in [-0.3, -0.25) is 4.79 Å². The number of hydrogen-bond acceptors (Lipinski definition) is 6. The second-order valence-corrected chi connectivity index (χ2v) is 4.82. The van der Waals surface area contributed by atoms with E-state index in [4.69, 9.17) is 4.52 Å². The molecule has 0 saturated carbocycles. The van der Waals surface area contributed by atoms with Gasteiger partial charge in [0.05, 0.1) is 5.69 Å². The number of hydrogen-bond donors (Lipinski definition) is 1. The smallest absolute Gasteiger partial charge is 0.264 e. The van der Waals surface area contributed by atoms with Crippen LogP contribution in [-0.2, 0) is 0 Å². The van der Waals surface area contributed by atoms with Crippen LogP contribution in [-0.4, -0.2) is 25.3 Å². The standard InChI is InChI=1S/C14H13N5O2/c1-7-6-9(3)15-13(20)11(7)14-16-12(19-21-14)10-5-4-8(2)17-18-10/h4-6H,1-3H3,(H,15,20). The zero-order valence-electron chi connectivity index (χ0n) is 11.8. The summed E-state index contributed by atoms with van der Waals surface area (Å²) in [6, 6.07) is 5.41. The number of aryl methyl sites for hydroxylation is 3. The molecule has 7 nitrogen and oxygen atoms in total. The van der Waals surface area contributed by atoms with Crippen LogP contribution in [0, 0.1) is 20.8 Å². The Bertz CT molecular complexity index is 849. The maximum atomic E-state index is 12.0. The van der Waals surface area contributed by atoms with E-state index in [2.05, 4.69) is 25.3 Å². The minimum atomic E-state index is -0.252. The van der Waals surface area contributed by atoms with Crippen molar-refractivity contribution in [2.75, 3.05) is 0 Å². The summed E-state index contributed by atoms with van der Waals surface area (Å²) in [5, 5.41) is 11.8. The molecular weight excluding hydrogens is 270 g/mol. The fourth-order valence-electron chi connectivity index (χ4n) is 2.07. The highest BCUT2D eigenvalue weighted by Crippen LogP contribution is 2.21. The van der Waals surface area contributed by atoms with Crippen molar-refractivity contribution in [3.63, 3.8) is 0 Å². The van der Waals surface area contributed by atoms with Crippen LogP contribution in [0.5, 0.6) is 0 Å². The van der Waals surface area contributed by atoms with Crippen LogP contribution in [0.3, 0.4) is 0 Å². The molecule has 0 bridgehead atoms. The van der Waals surface area contributed by atoms with Gasteiger partial charge in [0, 0.05) is 5.69 Å². The number of nitrogens with one attached hydrogen (secondary N) is 1. The monoisotopic (exact) mass is 283 g/mol. The van der Waals surface area contributed by atoms with Gasteiger partial charge in [-0.1, -0.05) is 5.16 Å². The first kappa shape index (κ1) is 13.2. The molecule has 0 aliphatic carbocycles. The van der Waals surface area contributed by atoms with Crippen LogP contribution in [0.15, 0.2) is 27.5 Å². The number of nitrogens with zero attached hydrogens (tertiary/aromatic N) is 4. The van der Waals surface area contributed by atoms with Crippen LogP contribution < -0.4 is 5.56 Å². The van der Waals surface area contributed by atoms with E-state index in [0.29, 0.717) is 17.1 Å². The average molecular weight is 283 g/mol. The van der Waals surface area contributed by atoms with E-state index >= 15 is 0 Å². The molecule has 3 rings (SSSR count). The van der Waals surface area contributed by atoms with Crippen molar-refractivity contribution < 1.29 is 4.52 Å². The van der Waals surface area contributed by atoms with Crippen molar-refractivity contribution in [2.45, 2.75) is 20.8 Å². The third-order valence-corrected chi connectivity index (χ3v) is 3.03. The van der Waals surface area contributed by atoms with E-state index in [1.54, 1.807) is 6.07 Å². The molecule has 106 valence electrons. The molecule has 0 atom stereocenters. The predicted octanol–water partition coefficient (Wildman–Crippen LogP) is 1.81. The highest BCUT2D eigenvalue weighted by atomic mass is 16.5. The van der Waals surface area contributed by atoms with Crippen molar-refractivity contribution in [1.82, 2.24) is 25.3 Å². The van der Waals surface area contributed by atoms with Crippen molar-refractivity contribution in [1.29, 1.82) is 0 Å². The van der Waals surface area contributed by atoms with Gasteiger partial charge in [0.15, 0.2) is 0 Å². The van der Waals surface area contributed by atoms with Crippen LogP contribution in [0.2, 0.25) is 0 Å². The lowest BCUT2D eigenvalue weighted by Gasteiger charge is -2.00. The summed E-state index contributed by atoms with van der Waals surface area (Å²) in [7, 11) is 0. The van der Waals surface area contributed by atoms with Crippen molar-refractivity contribution in [3.05, 3.63) is 45.5 Å². The molecular formula is C14H13N5O2. The van der Waals surface area contributed by atoms with Gasteiger partial charge < -0.3 is 9.51 Å². The minimum Gasteiger partial charge on any atom is -0.333 e. The molecule has 0 amide bonds. The summed E-state index contributed by atoms with van der Waals surface area (Å²) in [6.07, 6.45) is 0. The number of rotatable bonds is 2. The molecule has 0 aliphatic heterocycles. The Balaban J connectivity index is 2.07. The van der Waals surface area contributed by atoms with Gasteiger partial charge in [-0.15, -0.1) is 5.10 Å². The summed E-state index contributed by atoms with van der Waals surface area (Å²) in [5.41, 5.74) is 2.98. The lowest BCUT2D eigenvalue weighted by Crippen LogP contribution is -2.12. The van der Waals surface area contributed by atoms with Crippen molar-refractivity contribution in [2.24, 2.45) is 0 Å². The quantitative estimate of drug-likeness (QED) is 0.770. The van der Waals surface area contributed by atoms with E-state index in [9.17, 15) is 4.79 Å². The zero-order valence-corrected chi connectivity index (χ0v) is 11.8. The Kier molecular flexibility index (Phi) is 3.09. The minimum absolute atomic E-state index is 0.172. The van der Waals surface area contributed by atoms with E-state index < -0.39 is 0 Å². The fourth-order valence-corrected chi connectivity index (χ4v) is 2.07. The van der Waals surface area contributed by atoms with Crippen LogP contribution in [0.25, 0.3) is 23.0 Å². The van der Waals surface area contributed by atoms with E-state index in [1.165, 1.54) is 0 Å². The van der Waals surface area contributed by atoms with Crippen LogP contribution >= 0.6 is 0 Å². The Hall–Kier alpha value is -2.83. The maximum Gasteiger partial charge on any atom is 0.264 e. The van der Waals surface area contributed by atoms with E-state index in [1.807, 2.05) is 32.9 Å². The molecule has 0 radical (unpaired) electrons. The molecule has 3 aromatic heterocycles. The molecule has 1 N–H and O–H groups in total. The normalized spacial score (nSPS) is 10.8. The van der Waals surface area contributed by atoms with Crippen LogP contribution in [0.1, 0.15) is 17.0 Å². The Morgan fingerprint density at radius 1 is 1.14 bits per heavy atom. The van der Waals surface area contributed by atoms with Gasteiger partial charge in [0.25, 0.3) is 11.4 Å². The van der Waals surface area contributed by atoms with Gasteiger partial charge in [0.1, 0.15) is 11.3 Å². The zero-order chi connectivity index (χ0) is 15.0. The lowest BCUT2D eigenvalue weighted by molar-refractivity contribution is 0.431. The first-order chi connectivity index (χ1) is 10.0. The van der Waals surface area contributed by atoms with Gasteiger partial charge in [0.2, 0.25) is 5.82 Å². The van der Waals surface area contributed by atoms with Crippen molar-refractivity contribution in [3.8, 4) is 23.0 Å². The second-order valence-electron chi connectivity index (χ2n) is 4.82. The first-order valence-corrected chi connectivity index (χ1v) is 6.40. The Morgan fingerprint density at radius 2 is 1.95 bits per heavy atom. The summed E-state index contributed by atoms with van der Waals surface area (Å²) < 4.78 is 5.19. The number of aromatic amines is 1. The molecule has 0 fully saturated rings. The predicted molar refractivity (Wildman–Crippen MR) is 75.6 cm³/mol. The highest BCUT2D eigenvalue weighted by Gasteiger charge is 2.17. The summed E-state index contributed by atoms with van der Waals surface area (Å²) in [5.74, 6) is 0.475. The molecule has 0 saturated heterocycles. The third-order valence-electron chi connectivity index (χ3n) is 3.03. The maximum absolute atomic E-state index is 12.0. The van der Waals surface area contributed by atoms with Gasteiger partial charge in [-0.2, -0.15) is 10.1 Å². The van der Waals surface area contributed by atoms with Crippen LogP contribution in [0.4, 0.5) is 0 Å². The fraction of sp³-hybridized carbons (Fsp3) is 0.214. The van der Waals surface area contributed by atoms with E-state index in [-0.39, 0.29) is 11.4 Å². The second kappa shape index (κ2) is 4.93. The molecule has 3 heterocycles. The topological polar surface area (TPSA) is 97.6 Å². The highest BCUT2D eigenvalue weighted by molar-refractivity contribution is 5.59. The first-order valence-electron chi connectivity index (χ1n) is 6.40. The van der Waals surface area contributed by atoms with E-state index in [0.717, 1.165) is 17.0 Å². The molecule has 3 aromatic rings. The van der Waals surface area contributed by atoms with Gasteiger partial charge >= 0.3 is 0 Å². The average Bonchev–Trinajstić information content (AvgIpc) is 2.87. The summed E-state index contributed by atoms with van der Waals surface area (Å²) in [6.45, 7) is 5.49. The summed E-state index contributed by atoms with van der Waals surface area (Å²) >= 11 is 0.